The Morgan fingerprint density at radius 1 is 1.33 bits per heavy atom. The van der Waals surface area contributed by atoms with E-state index in [0.717, 1.165) is 24.3 Å². The van der Waals surface area contributed by atoms with Gasteiger partial charge in [-0.2, -0.15) is 0 Å². The van der Waals surface area contributed by atoms with Gasteiger partial charge in [0.25, 0.3) is 0 Å². The molecular formula is C12H16N2O. The summed E-state index contributed by atoms with van der Waals surface area (Å²) in [6, 6.07) is 7.88. The molecule has 0 aliphatic carbocycles. The van der Waals surface area contributed by atoms with E-state index in [4.69, 9.17) is 0 Å². The van der Waals surface area contributed by atoms with Crippen LogP contribution in [0.5, 0.6) is 0 Å². The van der Waals surface area contributed by atoms with Crippen molar-refractivity contribution in [1.29, 1.82) is 0 Å². The summed E-state index contributed by atoms with van der Waals surface area (Å²) in [6.07, 6.45) is 0.823. The Labute approximate surface area is 90.1 Å². The van der Waals surface area contributed by atoms with E-state index in [1.165, 1.54) is 0 Å². The van der Waals surface area contributed by atoms with Crippen molar-refractivity contribution < 1.29 is 4.79 Å². The lowest BCUT2D eigenvalue weighted by molar-refractivity contribution is -0.119. The van der Waals surface area contributed by atoms with Crippen molar-refractivity contribution in [3.63, 3.8) is 0 Å². The van der Waals surface area contributed by atoms with Crippen LogP contribution >= 0.6 is 0 Å². The second kappa shape index (κ2) is 3.93. The van der Waals surface area contributed by atoms with Crippen LogP contribution in [-0.4, -0.2) is 18.5 Å². The lowest BCUT2D eigenvalue weighted by Gasteiger charge is -2.34. The predicted molar refractivity (Wildman–Crippen MR) is 62.2 cm³/mol. The van der Waals surface area contributed by atoms with E-state index in [-0.39, 0.29) is 11.9 Å². The lowest BCUT2D eigenvalue weighted by atomic mass is 10.1. The normalized spacial score (nSPS) is 19.7. The zero-order valence-corrected chi connectivity index (χ0v) is 9.16. The lowest BCUT2D eigenvalue weighted by Crippen LogP contribution is -2.46. The highest BCUT2D eigenvalue weighted by Crippen LogP contribution is 2.31. The minimum Gasteiger partial charge on any atom is -0.372 e. The van der Waals surface area contributed by atoms with Crippen LogP contribution in [0.25, 0.3) is 0 Å². The number of likely N-dealkylation sites (N-methyl/N-ethyl adjacent to an activating group) is 1. The molecule has 1 amide bonds. The fraction of sp³-hybridized carbons (Fsp3) is 0.417. The molecule has 1 aromatic rings. The standard InChI is InChI=1S/C12H16N2O/c1-3-9-12(15)14(4-2)11-8-6-5-7-10(11)13-9/h5-9,13H,3-4H2,1-2H3. The first kappa shape index (κ1) is 10.0. The first-order valence-electron chi connectivity index (χ1n) is 5.44. The number of fused-ring (bicyclic) bond motifs is 1. The number of nitrogens with one attached hydrogen (secondary N) is 1. The Hall–Kier alpha value is -1.51. The van der Waals surface area contributed by atoms with Gasteiger partial charge in [-0.05, 0) is 25.5 Å². The van der Waals surface area contributed by atoms with Gasteiger partial charge in [0.05, 0.1) is 11.4 Å². The fourth-order valence-corrected chi connectivity index (χ4v) is 1.99. The number of para-hydroxylation sites is 2. The maximum absolute atomic E-state index is 12.0. The monoisotopic (exact) mass is 204 g/mol. The summed E-state index contributed by atoms with van der Waals surface area (Å²) in [4.78, 5) is 13.9. The van der Waals surface area contributed by atoms with Crippen molar-refractivity contribution in [2.24, 2.45) is 0 Å². The third-order valence-electron chi connectivity index (χ3n) is 2.81. The molecule has 1 heterocycles. The Balaban J connectivity index is 2.43. The molecule has 1 N–H and O–H groups in total. The quantitative estimate of drug-likeness (QED) is 0.801. The number of hydrogen-bond acceptors (Lipinski definition) is 2. The highest BCUT2D eigenvalue weighted by atomic mass is 16.2. The molecule has 1 aliphatic heterocycles. The number of benzene rings is 1. The molecule has 0 saturated carbocycles. The zero-order valence-electron chi connectivity index (χ0n) is 9.16. The van der Waals surface area contributed by atoms with Crippen LogP contribution in [0.3, 0.4) is 0 Å². The summed E-state index contributed by atoms with van der Waals surface area (Å²) in [5, 5.41) is 3.27. The smallest absolute Gasteiger partial charge is 0.249 e. The fourth-order valence-electron chi connectivity index (χ4n) is 1.99. The summed E-state index contributed by atoms with van der Waals surface area (Å²) in [6.45, 7) is 4.76. The highest BCUT2D eigenvalue weighted by Gasteiger charge is 2.29. The van der Waals surface area contributed by atoms with E-state index >= 15 is 0 Å². The van der Waals surface area contributed by atoms with Crippen LogP contribution < -0.4 is 10.2 Å². The molecule has 15 heavy (non-hydrogen) atoms. The highest BCUT2D eigenvalue weighted by molar-refractivity contribution is 6.04. The molecule has 0 saturated heterocycles. The van der Waals surface area contributed by atoms with E-state index in [0.29, 0.717) is 0 Å². The van der Waals surface area contributed by atoms with Gasteiger partial charge in [-0.25, -0.2) is 0 Å². The molecule has 1 atom stereocenters. The number of anilines is 2. The van der Waals surface area contributed by atoms with Gasteiger partial charge in [0.1, 0.15) is 6.04 Å². The molecule has 0 fully saturated rings. The third kappa shape index (κ3) is 1.58. The van der Waals surface area contributed by atoms with Crippen LogP contribution in [-0.2, 0) is 4.79 Å². The third-order valence-corrected chi connectivity index (χ3v) is 2.81. The van der Waals surface area contributed by atoms with Crippen LogP contribution in [0.4, 0.5) is 11.4 Å². The summed E-state index contributed by atoms with van der Waals surface area (Å²) < 4.78 is 0. The molecule has 1 aliphatic rings. The molecule has 1 aromatic carbocycles. The number of amides is 1. The van der Waals surface area contributed by atoms with Gasteiger partial charge in [-0.3, -0.25) is 4.79 Å². The van der Waals surface area contributed by atoms with E-state index in [2.05, 4.69) is 5.32 Å². The van der Waals surface area contributed by atoms with Crippen molar-refractivity contribution in [3.8, 4) is 0 Å². The SMILES string of the molecule is CCC1Nc2ccccc2N(CC)C1=O. The second-order valence-corrected chi connectivity index (χ2v) is 3.70. The molecular weight excluding hydrogens is 188 g/mol. The minimum atomic E-state index is -0.0696. The molecule has 0 spiro atoms. The van der Waals surface area contributed by atoms with Gasteiger partial charge in [0.2, 0.25) is 5.91 Å². The predicted octanol–water partition coefficient (Wildman–Crippen LogP) is 2.24. The summed E-state index contributed by atoms with van der Waals surface area (Å²) in [5.74, 6) is 0.179. The van der Waals surface area contributed by atoms with Crippen molar-refractivity contribution in [2.75, 3.05) is 16.8 Å². The molecule has 0 bridgehead atoms. The maximum atomic E-state index is 12.0. The number of hydrogen-bond donors (Lipinski definition) is 1. The number of carbonyl (C=O) groups excluding carboxylic acids is 1. The van der Waals surface area contributed by atoms with Crippen molar-refractivity contribution >= 4 is 17.3 Å². The van der Waals surface area contributed by atoms with E-state index in [9.17, 15) is 4.79 Å². The van der Waals surface area contributed by atoms with Gasteiger partial charge >= 0.3 is 0 Å². The van der Waals surface area contributed by atoms with E-state index in [1.54, 1.807) is 0 Å². The van der Waals surface area contributed by atoms with Crippen LogP contribution in [0.1, 0.15) is 20.3 Å². The van der Waals surface area contributed by atoms with E-state index in [1.807, 2.05) is 43.0 Å². The van der Waals surface area contributed by atoms with Crippen LogP contribution in [0.2, 0.25) is 0 Å². The topological polar surface area (TPSA) is 32.3 Å². The minimum absolute atomic E-state index is 0.0696. The van der Waals surface area contributed by atoms with Gasteiger partial charge in [-0.1, -0.05) is 19.1 Å². The summed E-state index contributed by atoms with van der Waals surface area (Å²) in [5.41, 5.74) is 2.06. The second-order valence-electron chi connectivity index (χ2n) is 3.70. The molecule has 2 rings (SSSR count). The average molecular weight is 204 g/mol. The molecule has 80 valence electrons. The number of nitrogens with zero attached hydrogens (tertiary/aromatic N) is 1. The van der Waals surface area contributed by atoms with Gasteiger partial charge in [-0.15, -0.1) is 0 Å². The number of rotatable bonds is 2. The van der Waals surface area contributed by atoms with Crippen LogP contribution in [0, 0.1) is 0 Å². The molecule has 3 nitrogen and oxygen atoms in total. The molecule has 0 radical (unpaired) electrons. The van der Waals surface area contributed by atoms with Gasteiger partial charge < -0.3 is 10.2 Å². The first-order chi connectivity index (χ1) is 7.27. The number of carbonyl (C=O) groups is 1. The molecule has 1 unspecified atom stereocenters. The first-order valence-corrected chi connectivity index (χ1v) is 5.44. The Morgan fingerprint density at radius 3 is 2.73 bits per heavy atom. The van der Waals surface area contributed by atoms with Crippen LogP contribution in [0.15, 0.2) is 24.3 Å². The Morgan fingerprint density at radius 2 is 2.07 bits per heavy atom. The van der Waals surface area contributed by atoms with Crippen molar-refractivity contribution in [1.82, 2.24) is 0 Å². The van der Waals surface area contributed by atoms with Gasteiger partial charge in [0, 0.05) is 6.54 Å². The molecule has 3 heteroatoms. The average Bonchev–Trinajstić information content (AvgIpc) is 2.28. The summed E-state index contributed by atoms with van der Waals surface area (Å²) >= 11 is 0. The largest absolute Gasteiger partial charge is 0.372 e. The molecule has 0 aromatic heterocycles. The zero-order chi connectivity index (χ0) is 10.8. The Kier molecular flexibility index (Phi) is 2.62. The maximum Gasteiger partial charge on any atom is 0.249 e. The van der Waals surface area contributed by atoms with Crippen molar-refractivity contribution in [3.05, 3.63) is 24.3 Å². The van der Waals surface area contributed by atoms with Gasteiger partial charge in [0.15, 0.2) is 0 Å². The van der Waals surface area contributed by atoms with E-state index < -0.39 is 0 Å². The van der Waals surface area contributed by atoms with Crippen molar-refractivity contribution in [2.45, 2.75) is 26.3 Å². The Bertz CT molecular complexity index is 376. The summed E-state index contributed by atoms with van der Waals surface area (Å²) in [7, 11) is 0.